The summed E-state index contributed by atoms with van der Waals surface area (Å²) >= 11 is 0. The van der Waals surface area contributed by atoms with Gasteiger partial charge in [0.05, 0.1) is 18.6 Å². The number of aromatic nitrogens is 2. The standard InChI is InChI=1S/C13H14N4O4/c1-8-5-12(18)16(13(15-8)21-2)7-9-6-10(17(19)20)3-4-11(9)14/h3-6H,7,14H2,1-2H3. The molecule has 110 valence electrons. The number of anilines is 1. The summed E-state index contributed by atoms with van der Waals surface area (Å²) in [5.74, 6) is 0. The van der Waals surface area contributed by atoms with E-state index in [-0.39, 0.29) is 23.8 Å². The van der Waals surface area contributed by atoms with Crippen LogP contribution in [0.5, 0.6) is 6.01 Å². The largest absolute Gasteiger partial charge is 0.468 e. The third-order valence-corrected chi connectivity index (χ3v) is 2.95. The minimum atomic E-state index is -0.518. The maximum Gasteiger partial charge on any atom is 0.299 e. The van der Waals surface area contributed by atoms with E-state index in [1.807, 2.05) is 0 Å². The van der Waals surface area contributed by atoms with E-state index in [1.165, 1.54) is 35.9 Å². The Kier molecular flexibility index (Phi) is 3.88. The molecule has 2 N–H and O–H groups in total. The first kappa shape index (κ1) is 14.5. The highest BCUT2D eigenvalue weighted by Crippen LogP contribution is 2.21. The van der Waals surface area contributed by atoms with Gasteiger partial charge in [-0.3, -0.25) is 19.5 Å². The average Bonchev–Trinajstić information content (AvgIpc) is 2.43. The van der Waals surface area contributed by atoms with Crippen LogP contribution < -0.4 is 16.0 Å². The lowest BCUT2D eigenvalue weighted by Gasteiger charge is -2.12. The molecule has 1 aromatic carbocycles. The second-order valence-electron chi connectivity index (χ2n) is 4.45. The zero-order chi connectivity index (χ0) is 15.6. The van der Waals surface area contributed by atoms with E-state index in [2.05, 4.69) is 4.98 Å². The molecular formula is C13H14N4O4. The summed E-state index contributed by atoms with van der Waals surface area (Å²) in [4.78, 5) is 26.4. The topological polar surface area (TPSA) is 113 Å². The van der Waals surface area contributed by atoms with Crippen LogP contribution in [0.3, 0.4) is 0 Å². The van der Waals surface area contributed by atoms with E-state index in [4.69, 9.17) is 10.5 Å². The Labute approximate surface area is 120 Å². The maximum absolute atomic E-state index is 12.0. The zero-order valence-corrected chi connectivity index (χ0v) is 11.6. The molecule has 0 bridgehead atoms. The fourth-order valence-electron chi connectivity index (χ4n) is 1.91. The number of ether oxygens (including phenoxy) is 1. The molecule has 0 aliphatic heterocycles. The average molecular weight is 290 g/mol. The number of nitro benzene ring substituents is 1. The van der Waals surface area contributed by atoms with Crippen molar-refractivity contribution in [3.63, 3.8) is 0 Å². The number of nitro groups is 1. The first-order valence-electron chi connectivity index (χ1n) is 6.07. The number of nitrogens with zero attached hydrogens (tertiary/aromatic N) is 3. The van der Waals surface area contributed by atoms with E-state index in [1.54, 1.807) is 6.92 Å². The molecule has 2 rings (SSSR count). The van der Waals surface area contributed by atoms with Gasteiger partial charge in [-0.25, -0.2) is 4.98 Å². The monoisotopic (exact) mass is 290 g/mol. The quantitative estimate of drug-likeness (QED) is 0.512. The van der Waals surface area contributed by atoms with Crippen molar-refractivity contribution in [1.29, 1.82) is 0 Å². The molecule has 0 saturated heterocycles. The number of nitrogen functional groups attached to an aromatic ring is 1. The molecule has 0 spiro atoms. The van der Waals surface area contributed by atoms with Crippen molar-refractivity contribution in [3.05, 3.63) is 56.0 Å². The number of hydrogen-bond acceptors (Lipinski definition) is 6. The highest BCUT2D eigenvalue weighted by molar-refractivity contribution is 5.52. The van der Waals surface area contributed by atoms with Crippen molar-refractivity contribution < 1.29 is 9.66 Å². The molecule has 1 heterocycles. The van der Waals surface area contributed by atoms with E-state index < -0.39 is 4.92 Å². The summed E-state index contributed by atoms with van der Waals surface area (Å²) in [5, 5.41) is 10.8. The zero-order valence-electron chi connectivity index (χ0n) is 11.6. The number of methoxy groups -OCH3 is 1. The van der Waals surface area contributed by atoms with Gasteiger partial charge in [0.2, 0.25) is 0 Å². The first-order valence-corrected chi connectivity index (χ1v) is 6.07. The molecule has 8 heteroatoms. The van der Waals surface area contributed by atoms with Crippen molar-refractivity contribution in [1.82, 2.24) is 9.55 Å². The molecule has 21 heavy (non-hydrogen) atoms. The molecule has 0 radical (unpaired) electrons. The lowest BCUT2D eigenvalue weighted by Crippen LogP contribution is -2.23. The molecule has 0 amide bonds. The van der Waals surface area contributed by atoms with E-state index in [9.17, 15) is 14.9 Å². The molecule has 8 nitrogen and oxygen atoms in total. The molecule has 0 aliphatic carbocycles. The highest BCUT2D eigenvalue weighted by Gasteiger charge is 2.13. The van der Waals surface area contributed by atoms with Crippen LogP contribution in [0.2, 0.25) is 0 Å². The van der Waals surface area contributed by atoms with Gasteiger partial charge in [0.15, 0.2) is 0 Å². The summed E-state index contributed by atoms with van der Waals surface area (Å²) in [5.41, 5.74) is 6.74. The van der Waals surface area contributed by atoms with Crippen LogP contribution in [0.15, 0.2) is 29.1 Å². The number of nitrogens with two attached hydrogens (primary N) is 1. The number of rotatable bonds is 4. The molecule has 0 atom stereocenters. The number of non-ortho nitro benzene ring substituents is 1. The maximum atomic E-state index is 12.0. The summed E-state index contributed by atoms with van der Waals surface area (Å²) < 4.78 is 6.34. The lowest BCUT2D eigenvalue weighted by molar-refractivity contribution is -0.384. The number of aryl methyl sites for hydroxylation is 1. The third kappa shape index (κ3) is 2.99. The molecule has 2 aromatic rings. The van der Waals surface area contributed by atoms with Gasteiger partial charge in [-0.05, 0) is 13.0 Å². The second kappa shape index (κ2) is 5.61. The van der Waals surface area contributed by atoms with E-state index in [0.717, 1.165) is 0 Å². The van der Waals surface area contributed by atoms with Crippen molar-refractivity contribution in [2.45, 2.75) is 13.5 Å². The van der Waals surface area contributed by atoms with Crippen LogP contribution in [-0.2, 0) is 6.54 Å². The van der Waals surface area contributed by atoms with Crippen molar-refractivity contribution in [2.24, 2.45) is 0 Å². The van der Waals surface area contributed by atoms with Crippen LogP contribution in [-0.4, -0.2) is 21.6 Å². The molecule has 1 aromatic heterocycles. The first-order chi connectivity index (χ1) is 9.92. The van der Waals surface area contributed by atoms with Crippen molar-refractivity contribution in [3.8, 4) is 6.01 Å². The summed E-state index contributed by atoms with van der Waals surface area (Å²) in [6, 6.07) is 5.57. The van der Waals surface area contributed by atoms with Gasteiger partial charge in [-0.1, -0.05) is 0 Å². The predicted octanol–water partition coefficient (Wildman–Crippen LogP) is 1.10. The van der Waals surface area contributed by atoms with Gasteiger partial charge in [0, 0.05) is 35.1 Å². The van der Waals surface area contributed by atoms with Crippen LogP contribution in [0.1, 0.15) is 11.3 Å². The van der Waals surface area contributed by atoms with E-state index >= 15 is 0 Å². The van der Waals surface area contributed by atoms with Gasteiger partial charge in [-0.15, -0.1) is 0 Å². The van der Waals surface area contributed by atoms with E-state index in [0.29, 0.717) is 16.9 Å². The van der Waals surface area contributed by atoms with Crippen LogP contribution >= 0.6 is 0 Å². The fraction of sp³-hybridized carbons (Fsp3) is 0.231. The normalized spacial score (nSPS) is 10.4. The molecule has 0 aliphatic rings. The van der Waals surface area contributed by atoms with Crippen LogP contribution in [0.4, 0.5) is 11.4 Å². The molecule has 0 fully saturated rings. The van der Waals surface area contributed by atoms with Crippen molar-refractivity contribution in [2.75, 3.05) is 12.8 Å². The molecule has 0 saturated carbocycles. The Bertz CT molecular complexity index is 754. The van der Waals surface area contributed by atoms with Crippen molar-refractivity contribution >= 4 is 11.4 Å². The van der Waals surface area contributed by atoms with Gasteiger partial charge in [-0.2, -0.15) is 0 Å². The van der Waals surface area contributed by atoms with Gasteiger partial charge >= 0.3 is 0 Å². The Hall–Kier alpha value is -2.90. The Morgan fingerprint density at radius 3 is 2.76 bits per heavy atom. The Morgan fingerprint density at radius 1 is 1.43 bits per heavy atom. The Balaban J connectivity index is 2.50. The van der Waals surface area contributed by atoms with Gasteiger partial charge in [0.1, 0.15) is 0 Å². The molecule has 0 unspecified atom stereocenters. The summed E-state index contributed by atoms with van der Waals surface area (Å²) in [6.07, 6.45) is 0. The SMILES string of the molecule is COc1nc(C)cc(=O)n1Cc1cc([N+](=O)[O-])ccc1N. The Morgan fingerprint density at radius 2 is 2.14 bits per heavy atom. The lowest BCUT2D eigenvalue weighted by atomic mass is 10.1. The van der Waals surface area contributed by atoms with Gasteiger partial charge < -0.3 is 10.5 Å². The highest BCUT2D eigenvalue weighted by atomic mass is 16.6. The third-order valence-electron chi connectivity index (χ3n) is 2.95. The van der Waals surface area contributed by atoms with Crippen LogP contribution in [0.25, 0.3) is 0 Å². The minimum absolute atomic E-state index is 0.0444. The second-order valence-corrected chi connectivity index (χ2v) is 4.45. The number of hydrogen-bond donors (Lipinski definition) is 1. The number of benzene rings is 1. The summed E-state index contributed by atoms with van der Waals surface area (Å²) in [6.45, 7) is 1.72. The minimum Gasteiger partial charge on any atom is -0.468 e. The smallest absolute Gasteiger partial charge is 0.299 e. The fourth-order valence-corrected chi connectivity index (χ4v) is 1.91. The summed E-state index contributed by atoms with van der Waals surface area (Å²) in [7, 11) is 1.40. The van der Waals surface area contributed by atoms with Crippen LogP contribution in [0, 0.1) is 17.0 Å². The molecular weight excluding hydrogens is 276 g/mol. The van der Waals surface area contributed by atoms with Gasteiger partial charge in [0.25, 0.3) is 17.3 Å². The predicted molar refractivity (Wildman–Crippen MR) is 76.4 cm³/mol.